The third-order valence-corrected chi connectivity index (χ3v) is 4.13. The number of carbonyl (C=O) groups excluding carboxylic acids is 2. The van der Waals surface area contributed by atoms with Crippen LogP contribution in [0.2, 0.25) is 0 Å². The Morgan fingerprint density at radius 3 is 3.08 bits per heavy atom. The monoisotopic (exact) mass is 333 g/mol. The van der Waals surface area contributed by atoms with E-state index in [1.54, 1.807) is 10.4 Å². The van der Waals surface area contributed by atoms with Crippen molar-refractivity contribution in [2.75, 3.05) is 6.79 Å². The van der Waals surface area contributed by atoms with E-state index < -0.39 is 5.91 Å². The predicted molar refractivity (Wildman–Crippen MR) is 83.3 cm³/mol. The number of para-hydroxylation sites is 1. The van der Waals surface area contributed by atoms with Crippen molar-refractivity contribution in [2.45, 2.75) is 31.8 Å². The van der Waals surface area contributed by atoms with Crippen LogP contribution in [0, 0.1) is 0 Å². The van der Waals surface area contributed by atoms with Gasteiger partial charge in [0, 0.05) is 17.7 Å². The number of nitrogens with one attached hydrogen (secondary N) is 2. The van der Waals surface area contributed by atoms with E-state index in [0.717, 1.165) is 5.56 Å². The second-order valence-electron chi connectivity index (χ2n) is 5.68. The highest BCUT2D eigenvalue weighted by atomic mass is 16.7. The third kappa shape index (κ3) is 3.13. The van der Waals surface area contributed by atoms with Gasteiger partial charge in [0.2, 0.25) is 12.7 Å². The molecule has 1 unspecified atom stereocenters. The summed E-state index contributed by atoms with van der Waals surface area (Å²) < 4.78 is 10.8. The molecule has 0 aromatic heterocycles. The molecule has 1 aromatic carbocycles. The summed E-state index contributed by atoms with van der Waals surface area (Å²) in [5, 5.41) is 11.3. The number of rotatable bonds is 6. The molecule has 2 aliphatic rings. The number of carbonyl (C=O) groups is 2. The molecule has 0 saturated carbocycles. The van der Waals surface area contributed by atoms with Crippen molar-refractivity contribution < 1.29 is 24.3 Å². The molecule has 1 saturated heterocycles. The van der Waals surface area contributed by atoms with E-state index in [2.05, 4.69) is 11.9 Å². The van der Waals surface area contributed by atoms with Crippen molar-refractivity contribution in [3.8, 4) is 11.5 Å². The normalized spacial score (nSPS) is 18.7. The fraction of sp³-hybridized carbons (Fsp3) is 0.375. The molecule has 1 atom stereocenters. The highest BCUT2D eigenvalue weighted by Gasteiger charge is 2.34. The zero-order valence-corrected chi connectivity index (χ0v) is 13.1. The zero-order valence-electron chi connectivity index (χ0n) is 13.1. The summed E-state index contributed by atoms with van der Waals surface area (Å²) in [5.74, 6) is 0.874. The fourth-order valence-corrected chi connectivity index (χ4v) is 2.94. The predicted octanol–water partition coefficient (Wildman–Crippen LogP) is 1.50. The minimum Gasteiger partial charge on any atom is -0.454 e. The third-order valence-electron chi connectivity index (χ3n) is 4.13. The zero-order chi connectivity index (χ0) is 17.1. The fourth-order valence-electron chi connectivity index (χ4n) is 2.94. The van der Waals surface area contributed by atoms with Crippen LogP contribution >= 0.6 is 0 Å². The summed E-state index contributed by atoms with van der Waals surface area (Å²) in [4.78, 5) is 25.0. The van der Waals surface area contributed by atoms with Crippen LogP contribution in [0.15, 0.2) is 30.5 Å². The summed E-state index contributed by atoms with van der Waals surface area (Å²) in [7, 11) is 0. The van der Waals surface area contributed by atoms with E-state index in [9.17, 15) is 9.59 Å². The molecule has 1 fully saturated rings. The van der Waals surface area contributed by atoms with Crippen molar-refractivity contribution in [2.24, 2.45) is 0 Å². The molecular formula is C16H19N3O5. The second kappa shape index (κ2) is 6.79. The molecule has 2 heterocycles. The van der Waals surface area contributed by atoms with Crippen LogP contribution in [0.5, 0.6) is 11.5 Å². The van der Waals surface area contributed by atoms with Gasteiger partial charge in [0.25, 0.3) is 0 Å². The quantitative estimate of drug-likeness (QED) is 0.541. The number of urea groups is 1. The Hall–Kier alpha value is -2.74. The van der Waals surface area contributed by atoms with Crippen molar-refractivity contribution in [1.29, 1.82) is 0 Å². The summed E-state index contributed by atoms with van der Waals surface area (Å²) in [6, 6.07) is 5.11. The SMILES string of the molecule is C=C1NC(=O)N(Cc2cccc3c2OCO3)C1CCCC(=O)NO. The van der Waals surface area contributed by atoms with Crippen LogP contribution < -0.4 is 20.3 Å². The van der Waals surface area contributed by atoms with Gasteiger partial charge < -0.3 is 19.7 Å². The van der Waals surface area contributed by atoms with Gasteiger partial charge in [-0.05, 0) is 18.9 Å². The van der Waals surface area contributed by atoms with Crippen LogP contribution in [0.4, 0.5) is 4.79 Å². The molecule has 0 aliphatic carbocycles. The van der Waals surface area contributed by atoms with Gasteiger partial charge in [-0.25, -0.2) is 10.3 Å². The van der Waals surface area contributed by atoms with E-state index >= 15 is 0 Å². The summed E-state index contributed by atoms with van der Waals surface area (Å²) in [6.07, 6.45) is 1.27. The van der Waals surface area contributed by atoms with Gasteiger partial charge in [-0.1, -0.05) is 18.7 Å². The Labute approximate surface area is 139 Å². The van der Waals surface area contributed by atoms with Gasteiger partial charge in [-0.15, -0.1) is 0 Å². The van der Waals surface area contributed by atoms with Crippen LogP contribution in [0.25, 0.3) is 0 Å². The lowest BCUT2D eigenvalue weighted by atomic mass is 10.1. The minimum atomic E-state index is -0.448. The van der Waals surface area contributed by atoms with Crippen LogP contribution in [0.3, 0.4) is 0 Å². The van der Waals surface area contributed by atoms with E-state index in [1.807, 2.05) is 18.2 Å². The lowest BCUT2D eigenvalue weighted by molar-refractivity contribution is -0.129. The number of nitrogens with zero attached hydrogens (tertiary/aromatic N) is 1. The minimum absolute atomic E-state index is 0.172. The molecule has 3 amide bonds. The van der Waals surface area contributed by atoms with Crippen molar-refractivity contribution in [1.82, 2.24) is 15.7 Å². The van der Waals surface area contributed by atoms with E-state index in [1.165, 1.54) is 0 Å². The van der Waals surface area contributed by atoms with Crippen LogP contribution in [-0.2, 0) is 11.3 Å². The van der Waals surface area contributed by atoms with Gasteiger partial charge in [-0.3, -0.25) is 10.0 Å². The molecule has 128 valence electrons. The molecular weight excluding hydrogens is 314 g/mol. The van der Waals surface area contributed by atoms with Crippen molar-refractivity contribution >= 4 is 11.9 Å². The smallest absolute Gasteiger partial charge is 0.322 e. The molecule has 0 spiro atoms. The Balaban J connectivity index is 1.70. The molecule has 8 heteroatoms. The summed E-state index contributed by atoms with van der Waals surface area (Å²) in [5.41, 5.74) is 3.06. The average molecular weight is 333 g/mol. The van der Waals surface area contributed by atoms with Gasteiger partial charge >= 0.3 is 6.03 Å². The van der Waals surface area contributed by atoms with Crippen molar-refractivity contribution in [3.63, 3.8) is 0 Å². The Kier molecular flexibility index (Phi) is 4.57. The van der Waals surface area contributed by atoms with Crippen LogP contribution in [-0.4, -0.2) is 34.9 Å². The number of ether oxygens (including phenoxy) is 2. The first-order valence-electron chi connectivity index (χ1n) is 7.67. The topological polar surface area (TPSA) is 100 Å². The van der Waals surface area contributed by atoms with Gasteiger partial charge in [-0.2, -0.15) is 0 Å². The lowest BCUT2D eigenvalue weighted by Gasteiger charge is -2.23. The number of benzene rings is 1. The first-order valence-corrected chi connectivity index (χ1v) is 7.67. The Morgan fingerprint density at radius 2 is 2.29 bits per heavy atom. The maximum Gasteiger partial charge on any atom is 0.322 e. The number of amides is 3. The van der Waals surface area contributed by atoms with E-state index in [0.29, 0.717) is 36.6 Å². The first kappa shape index (κ1) is 16.1. The molecule has 0 radical (unpaired) electrons. The molecule has 3 rings (SSSR count). The average Bonchev–Trinajstić information content (AvgIpc) is 3.14. The van der Waals surface area contributed by atoms with E-state index in [-0.39, 0.29) is 25.3 Å². The van der Waals surface area contributed by atoms with Gasteiger partial charge in [0.15, 0.2) is 11.5 Å². The number of hydrogen-bond donors (Lipinski definition) is 3. The number of hydroxylamine groups is 1. The highest BCUT2D eigenvalue weighted by Crippen LogP contribution is 2.37. The summed E-state index contributed by atoms with van der Waals surface area (Å²) >= 11 is 0. The lowest BCUT2D eigenvalue weighted by Crippen LogP contribution is -2.33. The summed E-state index contributed by atoms with van der Waals surface area (Å²) in [6.45, 7) is 4.42. The number of fused-ring (bicyclic) bond motifs is 1. The maximum atomic E-state index is 12.2. The Morgan fingerprint density at radius 1 is 1.46 bits per heavy atom. The molecule has 8 nitrogen and oxygen atoms in total. The van der Waals surface area contributed by atoms with Gasteiger partial charge in [0.1, 0.15) is 0 Å². The Bertz CT molecular complexity index is 676. The van der Waals surface area contributed by atoms with Gasteiger partial charge in [0.05, 0.1) is 12.6 Å². The molecule has 0 bridgehead atoms. The first-order chi connectivity index (χ1) is 11.6. The molecule has 1 aromatic rings. The maximum absolute atomic E-state index is 12.2. The van der Waals surface area contributed by atoms with Crippen molar-refractivity contribution in [3.05, 3.63) is 36.0 Å². The largest absolute Gasteiger partial charge is 0.454 e. The second-order valence-corrected chi connectivity index (χ2v) is 5.68. The van der Waals surface area contributed by atoms with E-state index in [4.69, 9.17) is 14.7 Å². The molecule has 2 aliphatic heterocycles. The molecule has 24 heavy (non-hydrogen) atoms. The standard InChI is InChI=1S/C16H19N3O5/c1-10-12(5-3-7-14(20)18-22)19(16(21)17-10)8-11-4-2-6-13-15(11)24-9-23-13/h2,4,6,12,22H,1,3,5,7-9H2,(H,17,21)(H,18,20). The molecule has 3 N–H and O–H groups in total. The number of hydrogen-bond acceptors (Lipinski definition) is 5. The van der Waals surface area contributed by atoms with Crippen LogP contribution in [0.1, 0.15) is 24.8 Å². The highest BCUT2D eigenvalue weighted by molar-refractivity contribution is 5.80.